The Morgan fingerprint density at radius 1 is 1.21 bits per heavy atom. The van der Waals surface area contributed by atoms with Gasteiger partial charge >= 0.3 is 0 Å². The fourth-order valence-electron chi connectivity index (χ4n) is 2.77. The first-order valence-electron chi connectivity index (χ1n) is 9.37. The van der Waals surface area contributed by atoms with E-state index < -0.39 is 0 Å². The van der Waals surface area contributed by atoms with Gasteiger partial charge in [0, 0.05) is 6.54 Å². The molecule has 5 nitrogen and oxygen atoms in total. The zero-order valence-corrected chi connectivity index (χ0v) is 17.2. The molecular weight excluding hydrogens is 382 g/mol. The Kier molecular flexibility index (Phi) is 7.44. The fraction of sp³-hybridized carbons (Fsp3) is 0.174. The number of amidine groups is 1. The average molecular weight is 408 g/mol. The number of aliphatic imine (C=N–C) groups is 1. The number of benzene rings is 2. The number of nitrogens with zero attached hydrogens (tertiary/aromatic N) is 1. The summed E-state index contributed by atoms with van der Waals surface area (Å²) in [6, 6.07) is 17.4. The zero-order valence-electron chi connectivity index (χ0n) is 16.3. The molecule has 0 saturated heterocycles. The summed E-state index contributed by atoms with van der Waals surface area (Å²) in [7, 11) is 1.54. The van der Waals surface area contributed by atoms with Gasteiger partial charge < -0.3 is 20.9 Å². The number of ether oxygens (including phenoxy) is 1. The molecule has 0 unspecified atom stereocenters. The van der Waals surface area contributed by atoms with Crippen LogP contribution in [0.2, 0.25) is 0 Å². The van der Waals surface area contributed by atoms with E-state index in [1.165, 1.54) is 5.56 Å². The van der Waals surface area contributed by atoms with Crippen LogP contribution in [0.25, 0.3) is 6.08 Å². The minimum absolute atomic E-state index is 0.147. The maximum absolute atomic E-state index is 9.61. The van der Waals surface area contributed by atoms with Gasteiger partial charge in [-0.2, -0.15) is 0 Å². The van der Waals surface area contributed by atoms with Crippen molar-refractivity contribution >= 4 is 28.9 Å². The normalized spacial score (nSPS) is 11.8. The minimum Gasteiger partial charge on any atom is -0.504 e. The molecule has 29 heavy (non-hydrogen) atoms. The van der Waals surface area contributed by atoms with Crippen LogP contribution in [0.15, 0.2) is 71.0 Å². The van der Waals surface area contributed by atoms with Crippen LogP contribution in [-0.4, -0.2) is 31.1 Å². The van der Waals surface area contributed by atoms with Crippen molar-refractivity contribution < 1.29 is 9.84 Å². The molecule has 0 spiro atoms. The third kappa shape index (κ3) is 6.20. The van der Waals surface area contributed by atoms with E-state index in [-0.39, 0.29) is 5.75 Å². The minimum atomic E-state index is 0.147. The van der Waals surface area contributed by atoms with Gasteiger partial charge in [0.15, 0.2) is 11.5 Å². The summed E-state index contributed by atoms with van der Waals surface area (Å²) in [5.41, 5.74) is 9.12. The Hall–Kier alpha value is -3.09. The van der Waals surface area contributed by atoms with Crippen molar-refractivity contribution in [2.75, 3.05) is 20.2 Å². The summed E-state index contributed by atoms with van der Waals surface area (Å²) in [6.07, 6.45) is 4.99. The van der Waals surface area contributed by atoms with Crippen molar-refractivity contribution in [3.63, 3.8) is 0 Å². The molecule has 3 rings (SSSR count). The highest BCUT2D eigenvalue weighted by Gasteiger charge is 2.01. The molecule has 3 aromatic rings. The van der Waals surface area contributed by atoms with E-state index in [0.29, 0.717) is 11.6 Å². The van der Waals surface area contributed by atoms with Gasteiger partial charge in [0.1, 0.15) is 5.84 Å². The molecule has 0 fully saturated rings. The lowest BCUT2D eigenvalue weighted by Gasteiger charge is -2.05. The predicted molar refractivity (Wildman–Crippen MR) is 121 cm³/mol. The number of thiophene rings is 1. The Balaban J connectivity index is 1.42. The van der Waals surface area contributed by atoms with Crippen LogP contribution >= 0.6 is 11.3 Å². The van der Waals surface area contributed by atoms with E-state index in [4.69, 9.17) is 10.5 Å². The summed E-state index contributed by atoms with van der Waals surface area (Å²) >= 11 is 1.58. The quantitative estimate of drug-likeness (QED) is 0.280. The van der Waals surface area contributed by atoms with Crippen molar-refractivity contribution in [3.05, 3.63) is 82.1 Å². The maximum Gasteiger partial charge on any atom is 0.161 e. The number of nitrogens with two attached hydrogens (primary N) is 1. The van der Waals surface area contributed by atoms with Crippen LogP contribution in [0.3, 0.4) is 0 Å². The molecule has 1 heterocycles. The number of hydrogen-bond donors (Lipinski definition) is 3. The second kappa shape index (κ2) is 10.5. The highest BCUT2D eigenvalue weighted by molar-refractivity contribution is 7.12. The third-order valence-corrected chi connectivity index (χ3v) is 5.22. The number of methoxy groups -OCH3 is 1. The molecule has 0 aliphatic heterocycles. The molecule has 0 bridgehead atoms. The van der Waals surface area contributed by atoms with Gasteiger partial charge in [-0.15, -0.1) is 11.3 Å². The van der Waals surface area contributed by atoms with Crippen molar-refractivity contribution in [2.45, 2.75) is 6.42 Å². The number of aromatic hydroxyl groups is 1. The van der Waals surface area contributed by atoms with Crippen molar-refractivity contribution in [1.82, 2.24) is 5.32 Å². The zero-order chi connectivity index (χ0) is 20.5. The smallest absolute Gasteiger partial charge is 0.161 e. The summed E-state index contributed by atoms with van der Waals surface area (Å²) in [4.78, 5) is 5.45. The molecule has 0 atom stereocenters. The average Bonchev–Trinajstić information content (AvgIpc) is 3.28. The van der Waals surface area contributed by atoms with E-state index in [0.717, 1.165) is 35.6 Å². The second-order valence-corrected chi connectivity index (χ2v) is 7.38. The lowest BCUT2D eigenvalue weighted by Crippen LogP contribution is -2.16. The van der Waals surface area contributed by atoms with E-state index in [2.05, 4.69) is 28.5 Å². The predicted octanol–water partition coefficient (Wildman–Crippen LogP) is 4.34. The van der Waals surface area contributed by atoms with Crippen LogP contribution in [0, 0.1) is 0 Å². The molecule has 6 heteroatoms. The molecular formula is C23H25N3O2S. The second-order valence-electron chi connectivity index (χ2n) is 6.43. The van der Waals surface area contributed by atoms with Crippen LogP contribution in [-0.2, 0) is 6.42 Å². The van der Waals surface area contributed by atoms with Gasteiger partial charge in [-0.25, -0.2) is 4.99 Å². The van der Waals surface area contributed by atoms with Gasteiger partial charge in [0.25, 0.3) is 0 Å². The molecule has 0 radical (unpaired) electrons. The number of rotatable bonds is 9. The molecule has 0 amide bonds. The molecule has 0 aliphatic rings. The van der Waals surface area contributed by atoms with Gasteiger partial charge in [-0.3, -0.25) is 0 Å². The van der Waals surface area contributed by atoms with Crippen LogP contribution in [0.5, 0.6) is 11.5 Å². The summed E-state index contributed by atoms with van der Waals surface area (Å²) < 4.78 is 5.11. The highest BCUT2D eigenvalue weighted by Crippen LogP contribution is 2.26. The lowest BCUT2D eigenvalue weighted by atomic mass is 10.1. The van der Waals surface area contributed by atoms with Gasteiger partial charge in [0.2, 0.25) is 0 Å². The van der Waals surface area contributed by atoms with Crippen molar-refractivity contribution in [3.8, 4) is 11.5 Å². The van der Waals surface area contributed by atoms with E-state index >= 15 is 0 Å². The first kappa shape index (κ1) is 20.6. The van der Waals surface area contributed by atoms with Crippen molar-refractivity contribution in [2.24, 2.45) is 10.7 Å². The third-order valence-electron chi connectivity index (χ3n) is 4.33. The van der Waals surface area contributed by atoms with E-state index in [1.807, 2.05) is 41.8 Å². The topological polar surface area (TPSA) is 79.9 Å². The number of nitrogens with one attached hydrogen (secondary N) is 1. The van der Waals surface area contributed by atoms with E-state index in [9.17, 15) is 5.11 Å². The standard InChI is InChI=1S/C23H25N3O2S/c1-28-21-16-18(8-11-20(21)27)4-2-13-25-14-12-17-6-9-19(10-7-17)26-23(24)22-5-3-15-29-22/h2-11,15-16,25,27H,12-14H2,1H3,(H2,24,26)/b4-2+. The number of phenols is 1. The molecule has 4 N–H and O–H groups in total. The number of phenolic OH excluding ortho intramolecular Hbond substituents is 1. The molecule has 150 valence electrons. The Bertz CT molecular complexity index is 964. The molecule has 2 aromatic carbocycles. The van der Waals surface area contributed by atoms with Crippen LogP contribution in [0.4, 0.5) is 5.69 Å². The summed E-state index contributed by atoms with van der Waals surface area (Å²) in [5, 5.41) is 15.0. The first-order valence-corrected chi connectivity index (χ1v) is 10.2. The Morgan fingerprint density at radius 2 is 2.03 bits per heavy atom. The van der Waals surface area contributed by atoms with Gasteiger partial charge in [-0.1, -0.05) is 36.4 Å². The first-order chi connectivity index (χ1) is 14.2. The molecule has 0 saturated carbocycles. The Morgan fingerprint density at radius 3 is 2.76 bits per heavy atom. The molecule has 1 aromatic heterocycles. The number of hydrogen-bond acceptors (Lipinski definition) is 5. The van der Waals surface area contributed by atoms with Crippen LogP contribution < -0.4 is 15.8 Å². The van der Waals surface area contributed by atoms with Gasteiger partial charge in [0.05, 0.1) is 17.7 Å². The largest absolute Gasteiger partial charge is 0.504 e. The van der Waals surface area contributed by atoms with E-state index in [1.54, 1.807) is 30.6 Å². The Labute approximate surface area is 175 Å². The summed E-state index contributed by atoms with van der Waals surface area (Å²) in [6.45, 7) is 1.64. The monoisotopic (exact) mass is 407 g/mol. The van der Waals surface area contributed by atoms with Crippen molar-refractivity contribution in [1.29, 1.82) is 0 Å². The van der Waals surface area contributed by atoms with Gasteiger partial charge in [-0.05, 0) is 59.8 Å². The van der Waals surface area contributed by atoms with Crippen LogP contribution in [0.1, 0.15) is 16.0 Å². The highest BCUT2D eigenvalue weighted by atomic mass is 32.1. The SMILES string of the molecule is COc1cc(/C=C/CNCCc2ccc(N=C(N)c3cccs3)cc2)ccc1O. The maximum atomic E-state index is 9.61. The lowest BCUT2D eigenvalue weighted by molar-refractivity contribution is 0.373. The fourth-order valence-corrected chi connectivity index (χ4v) is 3.39. The molecule has 0 aliphatic carbocycles. The summed E-state index contributed by atoms with van der Waals surface area (Å²) in [5.74, 6) is 1.17.